The largest absolute Gasteiger partial charge is 0.352 e. The molecular weight excluding hydrogens is 226 g/mol. The second-order valence-electron chi connectivity index (χ2n) is 5.41. The Balaban J connectivity index is 2.40. The van der Waals surface area contributed by atoms with Gasteiger partial charge < -0.3 is 10.6 Å². The summed E-state index contributed by atoms with van der Waals surface area (Å²) in [4.78, 5) is 14.5. The molecule has 0 spiro atoms. The molecule has 0 aromatic heterocycles. The van der Waals surface area contributed by atoms with Crippen LogP contribution < -0.4 is 10.6 Å². The molecule has 0 aromatic carbocycles. The Hall–Kier alpha value is -0.610. The zero-order chi connectivity index (χ0) is 13.5. The van der Waals surface area contributed by atoms with E-state index < -0.39 is 0 Å². The molecular formula is C14H29N3O. The summed E-state index contributed by atoms with van der Waals surface area (Å²) in [6.45, 7) is 9.41. The number of nitrogens with one attached hydrogen (secondary N) is 2. The molecule has 0 radical (unpaired) electrons. The maximum absolute atomic E-state index is 12.2. The van der Waals surface area contributed by atoms with Gasteiger partial charge in [0.2, 0.25) is 5.91 Å². The van der Waals surface area contributed by atoms with Gasteiger partial charge in [-0.25, -0.2) is 0 Å². The highest BCUT2D eigenvalue weighted by Crippen LogP contribution is 2.18. The molecule has 0 aliphatic carbocycles. The molecule has 106 valence electrons. The molecule has 1 aliphatic rings. The van der Waals surface area contributed by atoms with Gasteiger partial charge in [-0.15, -0.1) is 0 Å². The molecule has 4 nitrogen and oxygen atoms in total. The SMILES string of the molecule is CCC(CC)NC(=O)C(C)N1CCC(CNC)C1. The van der Waals surface area contributed by atoms with Gasteiger partial charge in [0.1, 0.15) is 0 Å². The lowest BCUT2D eigenvalue weighted by Crippen LogP contribution is -2.47. The molecule has 0 saturated carbocycles. The third kappa shape index (κ3) is 4.25. The minimum Gasteiger partial charge on any atom is -0.352 e. The predicted molar refractivity (Wildman–Crippen MR) is 75.6 cm³/mol. The summed E-state index contributed by atoms with van der Waals surface area (Å²) in [6, 6.07) is 0.336. The molecule has 0 bridgehead atoms. The third-order valence-electron chi connectivity index (χ3n) is 4.07. The van der Waals surface area contributed by atoms with E-state index in [1.54, 1.807) is 0 Å². The van der Waals surface area contributed by atoms with Crippen molar-refractivity contribution >= 4 is 5.91 Å². The van der Waals surface area contributed by atoms with Gasteiger partial charge in [-0.05, 0) is 52.2 Å². The first kappa shape index (κ1) is 15.4. The highest BCUT2D eigenvalue weighted by Gasteiger charge is 2.29. The van der Waals surface area contributed by atoms with Crippen molar-refractivity contribution in [3.63, 3.8) is 0 Å². The molecule has 1 amide bonds. The molecule has 2 N–H and O–H groups in total. The van der Waals surface area contributed by atoms with E-state index >= 15 is 0 Å². The van der Waals surface area contributed by atoms with Gasteiger partial charge in [0.05, 0.1) is 6.04 Å². The smallest absolute Gasteiger partial charge is 0.237 e. The fourth-order valence-electron chi connectivity index (χ4n) is 2.65. The van der Waals surface area contributed by atoms with Crippen LogP contribution >= 0.6 is 0 Å². The summed E-state index contributed by atoms with van der Waals surface area (Å²) < 4.78 is 0. The Bertz CT molecular complexity index is 253. The lowest BCUT2D eigenvalue weighted by molar-refractivity contribution is -0.126. The maximum Gasteiger partial charge on any atom is 0.237 e. The summed E-state index contributed by atoms with van der Waals surface area (Å²) in [6.07, 6.45) is 3.22. The Morgan fingerprint density at radius 1 is 1.39 bits per heavy atom. The van der Waals surface area contributed by atoms with E-state index in [1.807, 2.05) is 14.0 Å². The van der Waals surface area contributed by atoms with Crippen LogP contribution in [0.25, 0.3) is 0 Å². The molecule has 0 aromatic rings. The Morgan fingerprint density at radius 3 is 2.61 bits per heavy atom. The summed E-state index contributed by atoms with van der Waals surface area (Å²) in [5.41, 5.74) is 0. The number of hydrogen-bond donors (Lipinski definition) is 2. The van der Waals surface area contributed by atoms with Gasteiger partial charge in [0.15, 0.2) is 0 Å². The van der Waals surface area contributed by atoms with Crippen molar-refractivity contribution < 1.29 is 4.79 Å². The fourth-order valence-corrected chi connectivity index (χ4v) is 2.65. The van der Waals surface area contributed by atoms with Gasteiger partial charge in [0.25, 0.3) is 0 Å². The van der Waals surface area contributed by atoms with Crippen molar-refractivity contribution in [1.29, 1.82) is 0 Å². The van der Waals surface area contributed by atoms with Gasteiger partial charge in [-0.2, -0.15) is 0 Å². The molecule has 1 heterocycles. The Morgan fingerprint density at radius 2 is 2.06 bits per heavy atom. The van der Waals surface area contributed by atoms with Crippen LogP contribution in [0.2, 0.25) is 0 Å². The zero-order valence-electron chi connectivity index (χ0n) is 12.3. The van der Waals surface area contributed by atoms with Crippen LogP contribution in [-0.2, 0) is 4.79 Å². The lowest BCUT2D eigenvalue weighted by atomic mass is 10.1. The standard InChI is InChI=1S/C14H29N3O/c1-5-13(6-2)16-14(18)11(3)17-8-7-12(10-17)9-15-4/h11-13,15H,5-10H2,1-4H3,(H,16,18). The average molecular weight is 255 g/mol. The van der Waals surface area contributed by atoms with Crippen molar-refractivity contribution in [2.75, 3.05) is 26.7 Å². The minimum atomic E-state index is 0.00690. The van der Waals surface area contributed by atoms with Crippen molar-refractivity contribution in [3.8, 4) is 0 Å². The molecule has 2 atom stereocenters. The molecule has 1 fully saturated rings. The predicted octanol–water partition coefficient (Wildman–Crippen LogP) is 1.22. The lowest BCUT2D eigenvalue weighted by Gasteiger charge is -2.25. The first-order valence-electron chi connectivity index (χ1n) is 7.31. The highest BCUT2D eigenvalue weighted by molar-refractivity contribution is 5.81. The number of likely N-dealkylation sites (tertiary alicyclic amines) is 1. The molecule has 18 heavy (non-hydrogen) atoms. The van der Waals surface area contributed by atoms with Crippen LogP contribution in [0.5, 0.6) is 0 Å². The van der Waals surface area contributed by atoms with E-state index in [9.17, 15) is 4.79 Å². The number of amides is 1. The quantitative estimate of drug-likeness (QED) is 0.719. The molecule has 1 saturated heterocycles. The number of nitrogens with zero attached hydrogens (tertiary/aromatic N) is 1. The van der Waals surface area contributed by atoms with E-state index in [0.717, 1.165) is 32.5 Å². The summed E-state index contributed by atoms with van der Waals surface area (Å²) >= 11 is 0. The zero-order valence-corrected chi connectivity index (χ0v) is 12.3. The van der Waals surface area contributed by atoms with Crippen LogP contribution in [0, 0.1) is 5.92 Å². The third-order valence-corrected chi connectivity index (χ3v) is 4.07. The topological polar surface area (TPSA) is 44.4 Å². The maximum atomic E-state index is 12.2. The number of rotatable bonds is 7. The van der Waals surface area contributed by atoms with Crippen LogP contribution in [0.4, 0.5) is 0 Å². The first-order chi connectivity index (χ1) is 8.62. The van der Waals surface area contributed by atoms with E-state index in [4.69, 9.17) is 0 Å². The van der Waals surface area contributed by atoms with Crippen LogP contribution in [0.15, 0.2) is 0 Å². The molecule has 2 unspecified atom stereocenters. The van der Waals surface area contributed by atoms with Crippen molar-refractivity contribution in [2.24, 2.45) is 5.92 Å². The van der Waals surface area contributed by atoms with Gasteiger partial charge in [0, 0.05) is 12.6 Å². The molecule has 1 aliphatic heterocycles. The van der Waals surface area contributed by atoms with Crippen LogP contribution in [-0.4, -0.2) is 49.6 Å². The Labute approximate surface area is 111 Å². The van der Waals surface area contributed by atoms with Crippen molar-refractivity contribution in [2.45, 2.75) is 52.1 Å². The number of carbonyl (C=O) groups excluding carboxylic acids is 1. The van der Waals surface area contributed by atoms with Crippen LogP contribution in [0.1, 0.15) is 40.0 Å². The Kier molecular flexibility index (Phi) is 6.65. The summed E-state index contributed by atoms with van der Waals surface area (Å²) in [5.74, 6) is 0.882. The fraction of sp³-hybridized carbons (Fsp3) is 0.929. The van der Waals surface area contributed by atoms with E-state index in [1.165, 1.54) is 6.42 Å². The number of hydrogen-bond acceptors (Lipinski definition) is 3. The second kappa shape index (κ2) is 7.74. The van der Waals surface area contributed by atoms with Crippen LogP contribution in [0.3, 0.4) is 0 Å². The highest BCUT2D eigenvalue weighted by atomic mass is 16.2. The summed E-state index contributed by atoms with van der Waals surface area (Å²) in [7, 11) is 1.99. The van der Waals surface area contributed by atoms with E-state index in [-0.39, 0.29) is 11.9 Å². The summed E-state index contributed by atoms with van der Waals surface area (Å²) in [5, 5.41) is 6.37. The average Bonchev–Trinajstić information content (AvgIpc) is 2.83. The molecule has 1 rings (SSSR count). The van der Waals surface area contributed by atoms with Crippen molar-refractivity contribution in [1.82, 2.24) is 15.5 Å². The normalized spacial score (nSPS) is 22.4. The second-order valence-corrected chi connectivity index (χ2v) is 5.41. The first-order valence-corrected chi connectivity index (χ1v) is 7.31. The molecule has 4 heteroatoms. The van der Waals surface area contributed by atoms with Gasteiger partial charge in [-0.3, -0.25) is 9.69 Å². The number of carbonyl (C=O) groups is 1. The van der Waals surface area contributed by atoms with E-state index in [2.05, 4.69) is 29.4 Å². The monoisotopic (exact) mass is 255 g/mol. The van der Waals surface area contributed by atoms with E-state index in [0.29, 0.717) is 12.0 Å². The minimum absolute atomic E-state index is 0.00690. The van der Waals surface area contributed by atoms with Gasteiger partial charge >= 0.3 is 0 Å². The van der Waals surface area contributed by atoms with Gasteiger partial charge in [-0.1, -0.05) is 13.8 Å². The van der Waals surface area contributed by atoms with Crippen molar-refractivity contribution in [3.05, 3.63) is 0 Å².